The molecule has 1 aliphatic rings. The number of nitrogens with zero attached hydrogens (tertiary/aromatic N) is 3. The first-order valence-corrected chi connectivity index (χ1v) is 21.6. The Labute approximate surface area is 379 Å². The van der Waals surface area contributed by atoms with Crippen LogP contribution >= 0.6 is 0 Å². The van der Waals surface area contributed by atoms with Gasteiger partial charge in [0, 0.05) is 43.2 Å². The van der Waals surface area contributed by atoms with Crippen LogP contribution in [0, 0.1) is 18.3 Å². The molecule has 5 amide bonds. The summed E-state index contributed by atoms with van der Waals surface area (Å²) >= 11 is 0. The van der Waals surface area contributed by atoms with Crippen molar-refractivity contribution in [2.75, 3.05) is 46.4 Å². The van der Waals surface area contributed by atoms with Gasteiger partial charge in [0.05, 0.1) is 23.0 Å². The molecule has 17 nitrogen and oxygen atoms in total. The predicted molar refractivity (Wildman–Crippen MR) is 246 cm³/mol. The lowest BCUT2D eigenvalue weighted by atomic mass is 9.86. The topological polar surface area (TPSA) is 270 Å². The molecule has 4 unspecified atom stereocenters. The summed E-state index contributed by atoms with van der Waals surface area (Å²) in [5.74, 6) is -2.48. The highest BCUT2D eigenvalue weighted by Crippen LogP contribution is 2.40. The van der Waals surface area contributed by atoms with Gasteiger partial charge in [-0.1, -0.05) is 57.2 Å². The number of aryl methyl sites for hydroxylation is 1. The molecule has 0 spiro atoms. The molecular formula is C48H60N10O7. The number of ether oxygens (including phenoxy) is 2. The van der Waals surface area contributed by atoms with Crippen LogP contribution in [0.2, 0.25) is 0 Å². The Morgan fingerprint density at radius 2 is 1.54 bits per heavy atom. The normalized spacial score (nSPS) is 16.7. The number of fused-ring (bicyclic) bond motifs is 5. The molecule has 3 aromatic carbocycles. The minimum atomic E-state index is -1.39. The lowest BCUT2D eigenvalue weighted by Crippen LogP contribution is -2.56. The number of carbonyl (C=O) groups is 5. The van der Waals surface area contributed by atoms with Crippen LogP contribution < -0.4 is 47.9 Å². The molecule has 0 saturated carbocycles. The van der Waals surface area contributed by atoms with E-state index in [0.717, 1.165) is 5.56 Å². The van der Waals surface area contributed by atoms with E-state index < -0.39 is 53.7 Å². The lowest BCUT2D eigenvalue weighted by molar-refractivity contribution is -0.141. The molecule has 2 heterocycles. The van der Waals surface area contributed by atoms with E-state index in [2.05, 4.69) is 54.2 Å². The minimum Gasteiger partial charge on any atom is -0.492 e. The van der Waals surface area contributed by atoms with E-state index in [1.807, 2.05) is 18.2 Å². The van der Waals surface area contributed by atoms with Gasteiger partial charge < -0.3 is 52.8 Å². The molecule has 17 heteroatoms. The molecule has 65 heavy (non-hydrogen) atoms. The number of aromatic nitrogens is 1. The van der Waals surface area contributed by atoms with Gasteiger partial charge in [-0.3, -0.25) is 29.0 Å². The van der Waals surface area contributed by atoms with Gasteiger partial charge in [-0.25, -0.2) is 0 Å². The van der Waals surface area contributed by atoms with Crippen LogP contribution in [0.5, 0.6) is 11.5 Å². The van der Waals surface area contributed by atoms with Crippen LogP contribution in [0.15, 0.2) is 72.8 Å². The second-order valence-corrected chi connectivity index (χ2v) is 16.8. The predicted octanol–water partition coefficient (Wildman–Crippen LogP) is 2.53. The van der Waals surface area contributed by atoms with Gasteiger partial charge >= 0.3 is 0 Å². The number of amides is 5. The number of nitriles is 1. The molecule has 5 rings (SSSR count). The number of likely N-dealkylation sites (N-methyl/N-ethyl adjacent to an activating group) is 1. The van der Waals surface area contributed by atoms with Crippen molar-refractivity contribution in [3.8, 4) is 40.0 Å². The van der Waals surface area contributed by atoms with E-state index in [1.54, 1.807) is 55.5 Å². The molecule has 10 N–H and O–H groups in total. The summed E-state index contributed by atoms with van der Waals surface area (Å²) in [4.78, 5) is 76.1. The Bertz CT molecular complexity index is 2410. The van der Waals surface area contributed by atoms with E-state index in [4.69, 9.17) is 36.9 Å². The van der Waals surface area contributed by atoms with Crippen molar-refractivity contribution >= 4 is 29.5 Å². The maximum absolute atomic E-state index is 14.7. The highest BCUT2D eigenvalue weighted by molar-refractivity contribution is 6.00. The third-order valence-corrected chi connectivity index (χ3v) is 11.0. The number of carbonyl (C=O) groups excluding carboxylic acids is 5. The summed E-state index contributed by atoms with van der Waals surface area (Å²) in [6, 6.07) is 18.6. The van der Waals surface area contributed by atoms with Gasteiger partial charge in [0.1, 0.15) is 55.4 Å². The van der Waals surface area contributed by atoms with Gasteiger partial charge in [-0.05, 0) is 85.3 Å². The average molecular weight is 889 g/mol. The number of hydrogen-bond donors (Lipinski definition) is 7. The summed E-state index contributed by atoms with van der Waals surface area (Å²) in [6.45, 7) is 9.97. The number of hydrogen-bond acceptors (Lipinski definition) is 12. The van der Waals surface area contributed by atoms with E-state index in [9.17, 15) is 24.0 Å². The number of nitrogens with two attached hydrogens (primary N) is 3. The molecule has 1 aromatic heterocycles. The first kappa shape index (κ1) is 49.2. The number of rotatable bonds is 15. The molecule has 0 saturated heterocycles. The Hall–Kier alpha value is -6.87. The van der Waals surface area contributed by atoms with Crippen molar-refractivity contribution in [1.29, 1.82) is 5.26 Å². The molecular weight excluding hydrogens is 829 g/mol. The molecule has 1 aliphatic heterocycles. The maximum atomic E-state index is 14.7. The van der Waals surface area contributed by atoms with Crippen LogP contribution in [-0.4, -0.2) is 104 Å². The smallest absolute Gasteiger partial charge is 0.253 e. The van der Waals surface area contributed by atoms with Crippen LogP contribution in [0.1, 0.15) is 72.9 Å². The van der Waals surface area contributed by atoms with E-state index in [-0.39, 0.29) is 63.2 Å². The summed E-state index contributed by atoms with van der Waals surface area (Å²) < 4.78 is 12.2. The van der Waals surface area contributed by atoms with Crippen molar-refractivity contribution < 1.29 is 33.4 Å². The third-order valence-electron chi connectivity index (χ3n) is 11.0. The van der Waals surface area contributed by atoms with E-state index in [1.165, 1.54) is 24.4 Å². The van der Waals surface area contributed by atoms with Crippen LogP contribution in [-0.2, 0) is 31.0 Å². The zero-order valence-electron chi connectivity index (χ0n) is 37.8. The Balaban J connectivity index is 1.55. The number of nitrogens with one attached hydrogen (secondary N) is 4. The summed E-state index contributed by atoms with van der Waals surface area (Å²) in [7, 11) is 1.42. The van der Waals surface area contributed by atoms with E-state index >= 15 is 0 Å². The molecule has 4 atom stereocenters. The number of benzene rings is 3. The quantitative estimate of drug-likeness (QED) is 0.0850. The fraction of sp³-hybridized carbons (Fsp3) is 0.396. The Morgan fingerprint density at radius 3 is 2.14 bits per heavy atom. The van der Waals surface area contributed by atoms with Crippen molar-refractivity contribution in [3.63, 3.8) is 0 Å². The van der Waals surface area contributed by atoms with Gasteiger partial charge in [0.25, 0.3) is 5.91 Å². The van der Waals surface area contributed by atoms with Crippen molar-refractivity contribution in [3.05, 3.63) is 101 Å². The highest BCUT2D eigenvalue weighted by Gasteiger charge is 2.36. The molecule has 0 radical (unpaired) electrons. The molecule has 344 valence electrons. The molecule has 0 fully saturated rings. The average Bonchev–Trinajstić information content (AvgIpc) is 3.28. The summed E-state index contributed by atoms with van der Waals surface area (Å²) in [6.07, 6.45) is 0.0273. The first-order chi connectivity index (χ1) is 31.0. The van der Waals surface area contributed by atoms with Gasteiger partial charge in [0.2, 0.25) is 23.6 Å². The zero-order valence-corrected chi connectivity index (χ0v) is 37.8. The first-order valence-electron chi connectivity index (χ1n) is 21.6. The largest absolute Gasteiger partial charge is 0.492 e. The third kappa shape index (κ3) is 12.2. The van der Waals surface area contributed by atoms with Crippen LogP contribution in [0.4, 0.5) is 0 Å². The van der Waals surface area contributed by atoms with Gasteiger partial charge in [-0.15, -0.1) is 0 Å². The standard InChI is InChI=1S/C48H60N10O7/c1-28-34(13-14-37(54-28)31-8-11-33(12-9-31)48(3,4)5)44(60)56-38(17-18-49)47(63)58(6)42-32-10-16-41(65-24-21-52)36(27-32)35-25-30(7-15-40(35)64-23-20-51)26-39(45(61)53-22-19-50)57-43(59)29(2)55-46(42)62/h7-16,25,27,29,38-39,42H,17-18,20-24,26,49,51-52H2,1-6H3,(H,53,61)(H,55,62)(H,56,60)(H,57,59). The second kappa shape index (κ2) is 22.2. The van der Waals surface area contributed by atoms with Crippen molar-refractivity contribution in [1.82, 2.24) is 31.2 Å². The van der Waals surface area contributed by atoms with Gasteiger partial charge in [-0.2, -0.15) is 5.26 Å². The lowest BCUT2D eigenvalue weighted by Gasteiger charge is -2.32. The fourth-order valence-corrected chi connectivity index (χ4v) is 7.47. The maximum Gasteiger partial charge on any atom is 0.253 e. The minimum absolute atomic E-state index is 0.00577. The van der Waals surface area contributed by atoms with Gasteiger partial charge in [0.15, 0.2) is 0 Å². The van der Waals surface area contributed by atoms with Crippen LogP contribution in [0.25, 0.3) is 22.4 Å². The zero-order chi connectivity index (χ0) is 47.4. The van der Waals surface area contributed by atoms with E-state index in [0.29, 0.717) is 45.1 Å². The van der Waals surface area contributed by atoms with Crippen molar-refractivity contribution in [2.24, 2.45) is 17.2 Å². The Kier molecular flexibility index (Phi) is 16.8. The molecule has 0 aliphatic carbocycles. The summed E-state index contributed by atoms with van der Waals surface area (Å²) in [5, 5.41) is 19.9. The highest BCUT2D eigenvalue weighted by atomic mass is 16.5. The summed E-state index contributed by atoms with van der Waals surface area (Å²) in [5.41, 5.74) is 23.0. The molecule has 4 bridgehead atoms. The van der Waals surface area contributed by atoms with Crippen molar-refractivity contribution in [2.45, 2.75) is 77.0 Å². The number of pyridine rings is 1. The van der Waals surface area contributed by atoms with Crippen LogP contribution in [0.3, 0.4) is 0 Å². The monoisotopic (exact) mass is 888 g/mol. The fourth-order valence-electron chi connectivity index (χ4n) is 7.47. The Morgan fingerprint density at radius 1 is 0.892 bits per heavy atom. The molecule has 4 aromatic rings. The SMILES string of the molecule is Cc1nc(-c2ccc(C(C)(C)C)cc2)ccc1C(=O)NC(CCN)C(=O)N(C)C1C(=O)NC(C)C(=O)NC(C(=O)NCC#N)Cc2ccc(OCCN)c(c2)-c2cc1ccc2OCCN. The second-order valence-electron chi connectivity index (χ2n) is 16.8.